The summed E-state index contributed by atoms with van der Waals surface area (Å²) in [7, 11) is 0. The number of unbranched alkanes of at least 4 members (excludes halogenated alkanes) is 8. The molecule has 0 aromatic rings. The first kappa shape index (κ1) is 25.0. The number of nitrogens with two attached hydrogens (primary N) is 1. The molecule has 0 radical (unpaired) electrons. The molecule has 20 heavy (non-hydrogen) atoms. The number of ketones is 1. The summed E-state index contributed by atoms with van der Waals surface area (Å²) in [5, 5.41) is 7.60. The fourth-order valence-electron chi connectivity index (χ4n) is 1.63. The van der Waals surface area contributed by atoms with Gasteiger partial charge in [-0.25, -0.2) is 0 Å². The first-order chi connectivity index (χ1) is 9.04. The predicted molar refractivity (Wildman–Crippen MR) is 78.9 cm³/mol. The normalized spacial score (nSPS) is 9.10. The molecule has 0 aliphatic heterocycles. The number of rotatable bonds is 11. The summed E-state index contributed by atoms with van der Waals surface area (Å²) >= 11 is 0. The smallest absolute Gasteiger partial charge is 0.480 e. The second-order valence-electron chi connectivity index (χ2n) is 4.71. The van der Waals surface area contributed by atoms with Gasteiger partial charge in [-0.15, -0.1) is 0 Å². The van der Waals surface area contributed by atoms with Gasteiger partial charge in [-0.3, -0.25) is 4.79 Å². The molecule has 0 aliphatic rings. The van der Waals surface area contributed by atoms with E-state index in [0.717, 1.165) is 6.42 Å². The molecule has 0 rings (SSSR count). The van der Waals surface area contributed by atoms with E-state index in [9.17, 15) is 9.59 Å². The van der Waals surface area contributed by atoms with E-state index in [1.54, 1.807) is 0 Å². The zero-order chi connectivity index (χ0) is 14.9. The quantitative estimate of drug-likeness (QED) is 0.327. The van der Waals surface area contributed by atoms with E-state index in [1.165, 1.54) is 51.4 Å². The van der Waals surface area contributed by atoms with Gasteiger partial charge in [-0.05, 0) is 18.6 Å². The van der Waals surface area contributed by atoms with Crippen LogP contribution < -0.4 is 35.3 Å². The Kier molecular flexibility index (Phi) is 26.5. The second kappa shape index (κ2) is 21.3. The molecule has 3 N–H and O–H groups in total. The maximum atomic E-state index is 10.5. The number of carbonyl (C=O) groups is 2. The van der Waals surface area contributed by atoms with E-state index in [0.29, 0.717) is 6.42 Å². The van der Waals surface area contributed by atoms with Crippen LogP contribution in [0.25, 0.3) is 0 Å². The Balaban J connectivity index is -0.000000414. The Morgan fingerprint density at radius 2 is 1.30 bits per heavy atom. The van der Waals surface area contributed by atoms with Crippen molar-refractivity contribution in [2.75, 3.05) is 6.54 Å². The number of Topliss-reactive ketones (excluding diaryl/α,β-unsaturated/α-hetero) is 1. The second-order valence-corrected chi connectivity index (χ2v) is 4.71. The molecule has 0 heterocycles. The van der Waals surface area contributed by atoms with Crippen LogP contribution >= 0.6 is 0 Å². The van der Waals surface area contributed by atoms with Crippen LogP contribution in [0.15, 0.2) is 0 Å². The van der Waals surface area contributed by atoms with Crippen molar-refractivity contribution in [1.82, 2.24) is 0 Å². The minimum absolute atomic E-state index is 0. The van der Waals surface area contributed by atoms with Crippen molar-refractivity contribution in [3.05, 3.63) is 6.92 Å². The Morgan fingerprint density at radius 3 is 1.60 bits per heavy atom. The van der Waals surface area contributed by atoms with Gasteiger partial charge >= 0.3 is 35.5 Å². The van der Waals surface area contributed by atoms with Crippen molar-refractivity contribution in [3.8, 4) is 0 Å². The number of hydrogen-bond acceptors (Lipinski definition) is 3. The van der Waals surface area contributed by atoms with Crippen molar-refractivity contribution in [3.63, 3.8) is 0 Å². The number of aliphatic carboxylic acids is 1. The molecule has 114 valence electrons. The Bertz CT molecular complexity index is 223. The summed E-state index contributed by atoms with van der Waals surface area (Å²) in [4.78, 5) is 19.8. The Morgan fingerprint density at radius 1 is 0.950 bits per heavy atom. The van der Waals surface area contributed by atoms with Gasteiger partial charge in [0.05, 0.1) is 6.54 Å². The first-order valence-corrected chi connectivity index (χ1v) is 7.31. The molecule has 0 aromatic heterocycles. The molecule has 0 aromatic carbocycles. The predicted octanol–water partition coefficient (Wildman–Crippen LogP) is 0.344. The molecule has 0 saturated heterocycles. The zero-order valence-electron chi connectivity index (χ0n) is 13.3. The van der Waals surface area contributed by atoms with Crippen LogP contribution in [0.1, 0.15) is 71.1 Å². The van der Waals surface area contributed by atoms with E-state index in [1.807, 2.05) is 0 Å². The van der Waals surface area contributed by atoms with Crippen LogP contribution in [-0.2, 0) is 9.59 Å². The molecule has 5 heteroatoms. The largest absolute Gasteiger partial charge is 1.00 e. The van der Waals surface area contributed by atoms with Crippen LogP contribution in [0.5, 0.6) is 0 Å². The topological polar surface area (TPSA) is 80.4 Å². The Hall–Kier alpha value is -0.0300. The standard InChI is InChI=1S/C13H25O.C2H5NO2.Na/c1-3-4-5-6-7-8-9-10-11-12-13(2)14;3-1-2(4)5;/h2-12H2,1H3;1,3H2,(H,4,5);/q-1;;+1. The molecular weight excluding hydrogens is 265 g/mol. The molecule has 0 fully saturated rings. The minimum atomic E-state index is -0.968. The number of carbonyl (C=O) groups excluding carboxylic acids is 1. The SMILES string of the molecule is NCC(=O)O.[CH2-]C(=O)CCCCCCCCCCC.[Na+]. The minimum Gasteiger partial charge on any atom is -0.480 e. The summed E-state index contributed by atoms with van der Waals surface area (Å²) < 4.78 is 0. The fraction of sp³-hybridized carbons (Fsp3) is 0.800. The van der Waals surface area contributed by atoms with Gasteiger partial charge < -0.3 is 22.6 Å². The molecule has 0 spiro atoms. The number of carboxylic acids is 1. The van der Waals surface area contributed by atoms with E-state index >= 15 is 0 Å². The fourth-order valence-corrected chi connectivity index (χ4v) is 1.63. The van der Waals surface area contributed by atoms with E-state index < -0.39 is 5.97 Å². The van der Waals surface area contributed by atoms with Gasteiger partial charge in [0, 0.05) is 0 Å². The third-order valence-corrected chi connectivity index (χ3v) is 2.73. The summed E-state index contributed by atoms with van der Waals surface area (Å²) in [6.45, 7) is 5.34. The van der Waals surface area contributed by atoms with E-state index in [4.69, 9.17) is 5.11 Å². The molecule has 0 atom stereocenters. The van der Waals surface area contributed by atoms with Crippen molar-refractivity contribution in [2.24, 2.45) is 5.73 Å². The van der Waals surface area contributed by atoms with Crippen LogP contribution in [0.3, 0.4) is 0 Å². The number of hydrogen-bond donors (Lipinski definition) is 2. The number of carboxylic acid groups (broad SMARTS) is 1. The van der Waals surface area contributed by atoms with Gasteiger partial charge in [0.1, 0.15) is 0 Å². The van der Waals surface area contributed by atoms with Crippen molar-refractivity contribution < 1.29 is 44.3 Å². The van der Waals surface area contributed by atoms with E-state index in [2.05, 4.69) is 19.6 Å². The maximum absolute atomic E-state index is 10.5. The van der Waals surface area contributed by atoms with Gasteiger partial charge in [0.2, 0.25) is 0 Å². The summed E-state index contributed by atoms with van der Waals surface area (Å²) in [6.07, 6.45) is 12.4. The molecule has 0 aliphatic carbocycles. The van der Waals surface area contributed by atoms with Crippen LogP contribution in [-0.4, -0.2) is 23.4 Å². The monoisotopic (exact) mass is 295 g/mol. The van der Waals surface area contributed by atoms with Crippen molar-refractivity contribution >= 4 is 11.8 Å². The van der Waals surface area contributed by atoms with Crippen molar-refractivity contribution in [2.45, 2.75) is 71.1 Å². The van der Waals surface area contributed by atoms with E-state index in [-0.39, 0.29) is 41.9 Å². The summed E-state index contributed by atoms with van der Waals surface area (Å²) in [5.41, 5.74) is 4.57. The maximum Gasteiger partial charge on any atom is 1.00 e. The molecule has 0 unspecified atom stereocenters. The molecule has 0 saturated carbocycles. The van der Waals surface area contributed by atoms with Crippen LogP contribution in [0, 0.1) is 6.92 Å². The van der Waals surface area contributed by atoms with Crippen LogP contribution in [0.2, 0.25) is 0 Å². The van der Waals surface area contributed by atoms with Gasteiger partial charge in [-0.2, -0.15) is 0 Å². The van der Waals surface area contributed by atoms with Gasteiger partial charge in [0.25, 0.3) is 0 Å². The molecule has 4 nitrogen and oxygen atoms in total. The summed E-state index contributed by atoms with van der Waals surface area (Å²) in [6, 6.07) is 0. The molecule has 0 bridgehead atoms. The molecular formula is C15H30NNaO3. The third kappa shape index (κ3) is 30.8. The van der Waals surface area contributed by atoms with Crippen LogP contribution in [0.4, 0.5) is 0 Å². The third-order valence-electron chi connectivity index (χ3n) is 2.73. The van der Waals surface area contributed by atoms with Gasteiger partial charge in [0.15, 0.2) is 0 Å². The average Bonchev–Trinajstić information content (AvgIpc) is 2.37. The zero-order valence-corrected chi connectivity index (χ0v) is 15.3. The Labute approximate surface area is 146 Å². The van der Waals surface area contributed by atoms with Crippen molar-refractivity contribution in [1.29, 1.82) is 0 Å². The first-order valence-electron chi connectivity index (χ1n) is 7.31. The average molecular weight is 295 g/mol. The summed E-state index contributed by atoms with van der Waals surface area (Å²) in [5.74, 6) is -0.877. The molecule has 0 amide bonds. The van der Waals surface area contributed by atoms with Gasteiger partial charge in [-0.1, -0.05) is 58.3 Å².